The third kappa shape index (κ3) is 7.85. The summed E-state index contributed by atoms with van der Waals surface area (Å²) in [6.45, 7) is 7.77. The molecule has 2 heterocycles. The maximum Gasteiger partial charge on any atom is 0.535 e. The number of nitrogens with zero attached hydrogens (tertiary/aromatic N) is 6. The molecule has 208 valence electrons. The molecule has 14 nitrogen and oxygen atoms in total. The maximum atomic E-state index is 12.1. The van der Waals surface area contributed by atoms with Crippen LogP contribution in [-0.2, 0) is 18.9 Å². The first-order valence-electron chi connectivity index (χ1n) is 12.2. The van der Waals surface area contributed by atoms with Crippen LogP contribution in [0.5, 0.6) is 0 Å². The van der Waals surface area contributed by atoms with E-state index in [1.165, 1.54) is 0 Å². The molecule has 39 heavy (non-hydrogen) atoms. The molecule has 0 unspecified atom stereocenters. The van der Waals surface area contributed by atoms with Gasteiger partial charge in [0.25, 0.3) is 0 Å². The van der Waals surface area contributed by atoms with Crippen LogP contribution in [0.3, 0.4) is 0 Å². The Labute approximate surface area is 223 Å². The molecule has 2 aromatic carbocycles. The van der Waals surface area contributed by atoms with Crippen LogP contribution in [-0.4, -0.2) is 80.3 Å². The topological polar surface area (TPSA) is 151 Å². The molecule has 4 aromatic rings. The summed E-state index contributed by atoms with van der Waals surface area (Å²) >= 11 is 0. The lowest BCUT2D eigenvalue weighted by atomic mass is 10.1. The van der Waals surface area contributed by atoms with Crippen LogP contribution in [0.25, 0.3) is 22.1 Å². The van der Waals surface area contributed by atoms with Crippen LogP contribution in [0.2, 0.25) is 0 Å². The third-order valence-corrected chi connectivity index (χ3v) is 5.50. The summed E-state index contributed by atoms with van der Waals surface area (Å²) in [5.74, 6) is 0. The summed E-state index contributed by atoms with van der Waals surface area (Å²) < 4.78 is 22.0. The second-order valence-corrected chi connectivity index (χ2v) is 9.69. The van der Waals surface area contributed by atoms with E-state index in [2.05, 4.69) is 20.6 Å². The lowest BCUT2D eigenvalue weighted by Gasteiger charge is -2.29. The minimum absolute atomic E-state index is 0.0156. The predicted molar refractivity (Wildman–Crippen MR) is 136 cm³/mol. The van der Waals surface area contributed by atoms with Gasteiger partial charge in [0, 0.05) is 0 Å². The molecule has 2 aromatic heterocycles. The van der Waals surface area contributed by atoms with Gasteiger partial charge >= 0.3 is 12.3 Å². The fourth-order valence-corrected chi connectivity index (χ4v) is 3.39. The molecular formula is C25H30N6O8. The van der Waals surface area contributed by atoms with Gasteiger partial charge in [-0.3, -0.25) is 9.68 Å². The molecule has 0 aliphatic carbocycles. The number of aromatic nitrogens is 6. The van der Waals surface area contributed by atoms with Crippen LogP contribution >= 0.6 is 0 Å². The second kappa shape index (κ2) is 12.0. The van der Waals surface area contributed by atoms with Gasteiger partial charge < -0.3 is 18.9 Å². The molecule has 0 radical (unpaired) electrons. The van der Waals surface area contributed by atoms with E-state index < -0.39 is 23.5 Å². The van der Waals surface area contributed by atoms with Crippen LogP contribution < -0.4 is 9.68 Å². The molecule has 0 amide bonds. The van der Waals surface area contributed by atoms with Crippen molar-refractivity contribution in [3.05, 3.63) is 48.5 Å². The Hall–Kier alpha value is -4.30. The monoisotopic (exact) mass is 542 g/mol. The molecule has 0 aliphatic rings. The number of fused-ring (bicyclic) bond motifs is 2. The minimum Gasteiger partial charge on any atom is -0.430 e. The van der Waals surface area contributed by atoms with Crippen molar-refractivity contribution in [2.75, 3.05) is 26.4 Å². The highest BCUT2D eigenvalue weighted by Crippen LogP contribution is 2.18. The second-order valence-electron chi connectivity index (χ2n) is 9.69. The molecule has 0 aliphatic heterocycles. The standard InChI is InChI=1S/C25H30N6O8/c1-24(2,37-16-15-34-22(32)38-30-20-11-7-5-9-18(20)26-28-30)13-14-36-25(3,4)17-35-23(33)39-31-21-12-8-6-10-19(21)27-29-31/h5-12H,13-17H2,1-4H3. The van der Waals surface area contributed by atoms with Gasteiger partial charge in [-0.25, -0.2) is 9.59 Å². The average Bonchev–Trinajstić information content (AvgIpc) is 3.50. The molecule has 0 bridgehead atoms. The van der Waals surface area contributed by atoms with Crippen molar-refractivity contribution in [2.45, 2.75) is 45.3 Å². The first-order valence-corrected chi connectivity index (χ1v) is 12.2. The van der Waals surface area contributed by atoms with Crippen molar-refractivity contribution in [3.8, 4) is 0 Å². The Balaban J connectivity index is 1.11. The summed E-state index contributed by atoms with van der Waals surface area (Å²) in [5.41, 5.74) is 0.912. The number of benzene rings is 2. The van der Waals surface area contributed by atoms with Gasteiger partial charge in [-0.05, 0) is 68.8 Å². The lowest BCUT2D eigenvalue weighted by molar-refractivity contribution is -0.0995. The summed E-state index contributed by atoms with van der Waals surface area (Å²) in [4.78, 5) is 36.2. The summed E-state index contributed by atoms with van der Waals surface area (Å²) in [6, 6.07) is 14.1. The number of ether oxygens (including phenoxy) is 4. The van der Waals surface area contributed by atoms with Gasteiger partial charge in [-0.15, -0.1) is 10.2 Å². The van der Waals surface area contributed by atoms with Crippen LogP contribution in [0.4, 0.5) is 9.59 Å². The largest absolute Gasteiger partial charge is 0.535 e. The highest BCUT2D eigenvalue weighted by molar-refractivity contribution is 5.75. The zero-order chi connectivity index (χ0) is 27.9. The average molecular weight is 543 g/mol. The van der Waals surface area contributed by atoms with Crippen molar-refractivity contribution in [2.24, 2.45) is 0 Å². The summed E-state index contributed by atoms with van der Waals surface area (Å²) in [6.07, 6.45) is -1.32. The zero-order valence-corrected chi connectivity index (χ0v) is 22.1. The van der Waals surface area contributed by atoms with Crippen molar-refractivity contribution in [3.63, 3.8) is 0 Å². The van der Waals surface area contributed by atoms with E-state index in [9.17, 15) is 9.59 Å². The molecule has 0 atom stereocenters. The van der Waals surface area contributed by atoms with Crippen LogP contribution in [0.1, 0.15) is 34.1 Å². The third-order valence-electron chi connectivity index (χ3n) is 5.50. The van der Waals surface area contributed by atoms with Gasteiger partial charge in [0.2, 0.25) is 0 Å². The quantitative estimate of drug-likeness (QED) is 0.147. The van der Waals surface area contributed by atoms with E-state index in [1.807, 2.05) is 13.8 Å². The van der Waals surface area contributed by atoms with Gasteiger partial charge in [0.05, 0.1) is 24.4 Å². The zero-order valence-electron chi connectivity index (χ0n) is 22.1. The number of hydrogen-bond acceptors (Lipinski definition) is 12. The fraction of sp³-hybridized carbons (Fsp3) is 0.440. The van der Waals surface area contributed by atoms with E-state index in [0.29, 0.717) is 35.1 Å². The van der Waals surface area contributed by atoms with E-state index in [4.69, 9.17) is 28.6 Å². The van der Waals surface area contributed by atoms with E-state index in [0.717, 1.165) is 9.69 Å². The predicted octanol–water partition coefficient (Wildman–Crippen LogP) is 2.99. The summed E-state index contributed by atoms with van der Waals surface area (Å²) in [5, 5.41) is 15.4. The number of hydrogen-bond donors (Lipinski definition) is 0. The smallest absolute Gasteiger partial charge is 0.430 e. The Morgan fingerprint density at radius 3 is 1.79 bits per heavy atom. The number of rotatable bonds is 12. The normalized spacial score (nSPS) is 12.0. The number of para-hydroxylation sites is 2. The molecule has 0 saturated carbocycles. The molecule has 0 spiro atoms. The minimum atomic E-state index is -0.929. The fourth-order valence-electron chi connectivity index (χ4n) is 3.39. The Morgan fingerprint density at radius 2 is 1.21 bits per heavy atom. The Kier molecular flexibility index (Phi) is 8.56. The first-order chi connectivity index (χ1) is 18.6. The van der Waals surface area contributed by atoms with Crippen molar-refractivity contribution in [1.82, 2.24) is 30.3 Å². The van der Waals surface area contributed by atoms with E-state index in [-0.39, 0.29) is 19.8 Å². The molecular weight excluding hydrogens is 512 g/mol. The highest BCUT2D eigenvalue weighted by atomic mass is 16.8. The first kappa shape index (κ1) is 27.7. The van der Waals surface area contributed by atoms with E-state index >= 15 is 0 Å². The van der Waals surface area contributed by atoms with Gasteiger partial charge in [-0.1, -0.05) is 34.0 Å². The number of carbonyl (C=O) groups excluding carboxylic acids is 2. The van der Waals surface area contributed by atoms with Gasteiger partial charge in [-0.2, -0.15) is 0 Å². The number of carbonyl (C=O) groups is 2. The highest BCUT2D eigenvalue weighted by Gasteiger charge is 2.25. The van der Waals surface area contributed by atoms with Crippen LogP contribution in [0.15, 0.2) is 48.5 Å². The van der Waals surface area contributed by atoms with Gasteiger partial charge in [0.1, 0.15) is 35.3 Å². The van der Waals surface area contributed by atoms with E-state index in [1.54, 1.807) is 62.4 Å². The maximum absolute atomic E-state index is 12.1. The molecule has 0 N–H and O–H groups in total. The molecule has 14 heteroatoms. The Bertz CT molecular complexity index is 1420. The SMILES string of the molecule is CC(C)(CCOC(C)(C)COC(=O)On1nnc2ccccc21)OCCOC(=O)On1nnc2ccccc21. The van der Waals surface area contributed by atoms with Crippen molar-refractivity contribution >= 4 is 34.4 Å². The van der Waals surface area contributed by atoms with Crippen molar-refractivity contribution < 1.29 is 38.2 Å². The molecule has 0 fully saturated rings. The van der Waals surface area contributed by atoms with Gasteiger partial charge in [0.15, 0.2) is 0 Å². The Morgan fingerprint density at radius 1 is 0.692 bits per heavy atom. The molecule has 4 rings (SSSR count). The van der Waals surface area contributed by atoms with Crippen LogP contribution in [0, 0.1) is 0 Å². The summed E-state index contributed by atoms with van der Waals surface area (Å²) in [7, 11) is 0. The van der Waals surface area contributed by atoms with Crippen molar-refractivity contribution in [1.29, 1.82) is 0 Å². The lowest BCUT2D eigenvalue weighted by Crippen LogP contribution is -2.36. The molecule has 0 saturated heterocycles.